The Balaban J connectivity index is 0.00000192. The molecule has 1 saturated carbocycles. The van der Waals surface area contributed by atoms with Crippen molar-refractivity contribution >= 4 is 18.3 Å². The lowest BCUT2D eigenvalue weighted by Gasteiger charge is -2.27. The number of hydrogen-bond donors (Lipinski definition) is 2. The van der Waals surface area contributed by atoms with E-state index >= 15 is 0 Å². The van der Waals surface area contributed by atoms with Crippen LogP contribution in [0.1, 0.15) is 17.9 Å². The minimum Gasteiger partial charge on any atom is -0.355 e. The quantitative estimate of drug-likeness (QED) is 0.850. The highest BCUT2D eigenvalue weighted by atomic mass is 35.5. The number of piperazine rings is 1. The van der Waals surface area contributed by atoms with E-state index in [1.807, 2.05) is 0 Å². The predicted octanol–water partition coefficient (Wildman–Crippen LogP) is 1.51. The van der Waals surface area contributed by atoms with Crippen LogP contribution in [-0.2, 0) is 4.79 Å². The van der Waals surface area contributed by atoms with Crippen LogP contribution < -0.4 is 10.6 Å². The number of nitrogens with one attached hydrogen (secondary N) is 2. The second-order valence-corrected chi connectivity index (χ2v) is 5.97. The molecule has 0 bridgehead atoms. The summed E-state index contributed by atoms with van der Waals surface area (Å²) in [6.07, 6.45) is 0.597. The van der Waals surface area contributed by atoms with E-state index in [2.05, 4.69) is 15.5 Å². The first-order chi connectivity index (χ1) is 10.7. The van der Waals surface area contributed by atoms with Crippen LogP contribution >= 0.6 is 12.4 Å². The Hall–Kier alpha value is -1.24. The molecule has 23 heavy (non-hydrogen) atoms. The summed E-state index contributed by atoms with van der Waals surface area (Å²) in [5.41, 5.74) is 0.322. The fraction of sp³-hybridized carbons (Fsp3) is 0.562. The molecule has 2 aliphatic rings. The molecule has 1 aliphatic heterocycles. The molecule has 2 fully saturated rings. The van der Waals surface area contributed by atoms with Gasteiger partial charge in [-0.25, -0.2) is 8.78 Å². The van der Waals surface area contributed by atoms with Crippen molar-refractivity contribution < 1.29 is 13.6 Å². The van der Waals surface area contributed by atoms with E-state index in [-0.39, 0.29) is 30.2 Å². The molecule has 0 radical (unpaired) electrons. The van der Waals surface area contributed by atoms with E-state index in [4.69, 9.17) is 0 Å². The van der Waals surface area contributed by atoms with Gasteiger partial charge in [-0.15, -0.1) is 12.4 Å². The van der Waals surface area contributed by atoms with Gasteiger partial charge in [-0.3, -0.25) is 9.69 Å². The summed E-state index contributed by atoms with van der Waals surface area (Å²) in [6.45, 7) is 5.40. The van der Waals surface area contributed by atoms with Gasteiger partial charge in [0.05, 0.1) is 0 Å². The van der Waals surface area contributed by atoms with Crippen LogP contribution in [0.3, 0.4) is 0 Å². The van der Waals surface area contributed by atoms with Gasteiger partial charge in [0.25, 0.3) is 0 Å². The summed E-state index contributed by atoms with van der Waals surface area (Å²) in [4.78, 5) is 14.4. The Morgan fingerprint density at radius 3 is 2.78 bits per heavy atom. The molecular weight excluding hydrogens is 324 g/mol. The molecule has 1 amide bonds. The molecule has 7 heteroatoms. The van der Waals surface area contributed by atoms with Crippen LogP contribution in [0.25, 0.3) is 0 Å². The predicted molar refractivity (Wildman–Crippen MR) is 86.8 cm³/mol. The Labute approximate surface area is 141 Å². The van der Waals surface area contributed by atoms with Gasteiger partial charge in [0.2, 0.25) is 5.91 Å². The summed E-state index contributed by atoms with van der Waals surface area (Å²) < 4.78 is 26.9. The normalized spacial score (nSPS) is 23.9. The maximum Gasteiger partial charge on any atom is 0.223 e. The Bertz CT molecular complexity index is 552. The molecule has 1 aromatic carbocycles. The van der Waals surface area contributed by atoms with E-state index in [9.17, 15) is 13.6 Å². The van der Waals surface area contributed by atoms with Crippen LogP contribution in [0.4, 0.5) is 8.78 Å². The first kappa shape index (κ1) is 18.1. The number of carbonyl (C=O) groups excluding carboxylic acids is 1. The maximum absolute atomic E-state index is 13.7. The molecule has 2 N–H and O–H groups in total. The van der Waals surface area contributed by atoms with Crippen LogP contribution in [0.15, 0.2) is 18.2 Å². The standard InChI is InChI=1S/C16H21F2N3O.ClH/c17-14-3-1-2-11(15(14)18)12-10-13(12)16(22)20-6-9-21-7-4-19-5-8-21;/h1-3,12-13,19H,4-10H2,(H,20,22);1H. The molecule has 0 spiro atoms. The van der Waals surface area contributed by atoms with E-state index in [1.165, 1.54) is 6.07 Å². The third-order valence-corrected chi connectivity index (χ3v) is 4.45. The number of halogens is 3. The minimum atomic E-state index is -0.845. The van der Waals surface area contributed by atoms with E-state index in [0.717, 1.165) is 38.8 Å². The molecule has 2 atom stereocenters. The highest BCUT2D eigenvalue weighted by molar-refractivity contribution is 5.85. The van der Waals surface area contributed by atoms with Crippen molar-refractivity contribution in [3.05, 3.63) is 35.4 Å². The summed E-state index contributed by atoms with van der Waals surface area (Å²) in [5, 5.41) is 6.19. The largest absolute Gasteiger partial charge is 0.355 e. The summed E-state index contributed by atoms with van der Waals surface area (Å²) in [7, 11) is 0. The number of hydrogen-bond acceptors (Lipinski definition) is 3. The second-order valence-electron chi connectivity index (χ2n) is 5.97. The van der Waals surface area contributed by atoms with E-state index in [1.54, 1.807) is 6.07 Å². The fourth-order valence-electron chi connectivity index (χ4n) is 3.04. The maximum atomic E-state index is 13.7. The highest BCUT2D eigenvalue weighted by Crippen LogP contribution is 2.48. The first-order valence-corrected chi connectivity index (χ1v) is 7.81. The van der Waals surface area contributed by atoms with Crippen molar-refractivity contribution in [3.8, 4) is 0 Å². The van der Waals surface area contributed by atoms with Crippen molar-refractivity contribution in [2.24, 2.45) is 5.92 Å². The zero-order chi connectivity index (χ0) is 15.5. The monoisotopic (exact) mass is 345 g/mol. The molecule has 4 nitrogen and oxygen atoms in total. The van der Waals surface area contributed by atoms with Gasteiger partial charge in [-0.2, -0.15) is 0 Å². The third kappa shape index (κ3) is 4.40. The molecule has 128 valence electrons. The molecule has 1 heterocycles. The number of nitrogens with zero attached hydrogens (tertiary/aromatic N) is 1. The van der Waals surface area contributed by atoms with Gasteiger partial charge in [0.15, 0.2) is 11.6 Å². The third-order valence-electron chi connectivity index (χ3n) is 4.45. The number of carbonyl (C=O) groups is 1. The lowest BCUT2D eigenvalue weighted by Crippen LogP contribution is -2.46. The topological polar surface area (TPSA) is 44.4 Å². The molecule has 1 aliphatic carbocycles. The number of benzene rings is 1. The molecule has 0 aromatic heterocycles. The summed E-state index contributed by atoms with van der Waals surface area (Å²) in [6, 6.07) is 4.16. The second kappa shape index (κ2) is 8.04. The van der Waals surface area contributed by atoms with Crippen LogP contribution in [0.5, 0.6) is 0 Å². The Morgan fingerprint density at radius 2 is 2.04 bits per heavy atom. The summed E-state index contributed by atoms with van der Waals surface area (Å²) >= 11 is 0. The van der Waals surface area contributed by atoms with Crippen molar-refractivity contribution in [2.75, 3.05) is 39.3 Å². The fourth-order valence-corrected chi connectivity index (χ4v) is 3.04. The van der Waals surface area contributed by atoms with Gasteiger partial charge in [0.1, 0.15) is 0 Å². The molecule has 1 aromatic rings. The average molecular weight is 346 g/mol. The SMILES string of the molecule is Cl.O=C(NCCN1CCNCC1)C1CC1c1cccc(F)c1F. The smallest absolute Gasteiger partial charge is 0.223 e. The zero-order valence-corrected chi connectivity index (χ0v) is 13.7. The van der Waals surface area contributed by atoms with Gasteiger partial charge in [-0.1, -0.05) is 12.1 Å². The Kier molecular flexibility index (Phi) is 6.33. The minimum absolute atomic E-state index is 0. The summed E-state index contributed by atoms with van der Waals surface area (Å²) in [5.74, 6) is -2.12. The van der Waals surface area contributed by atoms with Crippen LogP contribution in [-0.4, -0.2) is 50.1 Å². The van der Waals surface area contributed by atoms with Gasteiger partial charge >= 0.3 is 0 Å². The number of rotatable bonds is 5. The van der Waals surface area contributed by atoms with E-state index in [0.29, 0.717) is 18.5 Å². The lowest BCUT2D eigenvalue weighted by atomic mass is 10.1. The molecule has 2 unspecified atom stereocenters. The van der Waals surface area contributed by atoms with Crippen LogP contribution in [0.2, 0.25) is 0 Å². The Morgan fingerprint density at radius 1 is 1.30 bits per heavy atom. The van der Waals surface area contributed by atoms with Crippen molar-refractivity contribution in [3.63, 3.8) is 0 Å². The van der Waals surface area contributed by atoms with Gasteiger partial charge < -0.3 is 10.6 Å². The first-order valence-electron chi connectivity index (χ1n) is 7.81. The highest BCUT2D eigenvalue weighted by Gasteiger charge is 2.45. The van der Waals surface area contributed by atoms with Gasteiger partial charge in [-0.05, 0) is 24.0 Å². The molecule has 3 rings (SSSR count). The van der Waals surface area contributed by atoms with E-state index < -0.39 is 11.6 Å². The van der Waals surface area contributed by atoms with Crippen molar-refractivity contribution in [2.45, 2.75) is 12.3 Å². The van der Waals surface area contributed by atoms with Crippen molar-refractivity contribution in [1.29, 1.82) is 0 Å². The lowest BCUT2D eigenvalue weighted by molar-refractivity contribution is -0.122. The molecular formula is C16H22ClF2N3O. The van der Waals surface area contributed by atoms with Crippen LogP contribution in [0, 0.1) is 17.6 Å². The average Bonchev–Trinajstić information content (AvgIpc) is 3.31. The van der Waals surface area contributed by atoms with Crippen molar-refractivity contribution in [1.82, 2.24) is 15.5 Å². The zero-order valence-electron chi connectivity index (χ0n) is 12.9. The number of amides is 1. The molecule has 1 saturated heterocycles. The van der Waals surface area contributed by atoms with Gasteiger partial charge in [0, 0.05) is 45.2 Å².